The molecule has 17 heavy (non-hydrogen) atoms. The summed E-state index contributed by atoms with van der Waals surface area (Å²) in [6, 6.07) is 4.63. The lowest BCUT2D eigenvalue weighted by molar-refractivity contribution is 0.0692. The van der Waals surface area contributed by atoms with E-state index in [-0.39, 0.29) is 11.5 Å². The average molecular weight is 255 g/mol. The molecule has 0 radical (unpaired) electrons. The van der Waals surface area contributed by atoms with E-state index >= 15 is 0 Å². The van der Waals surface area contributed by atoms with Gasteiger partial charge in [-0.15, -0.1) is 11.6 Å². The summed E-state index contributed by atoms with van der Waals surface area (Å²) in [7, 11) is 0. The van der Waals surface area contributed by atoms with Crippen LogP contribution in [0.3, 0.4) is 0 Å². The Bertz CT molecular complexity index is 450. The minimum atomic E-state index is -0.244. The predicted molar refractivity (Wildman–Crippen MR) is 66.4 cm³/mol. The highest BCUT2D eigenvalue weighted by molar-refractivity contribution is 6.18. The Morgan fingerprint density at radius 1 is 1.41 bits per heavy atom. The molecule has 4 nitrogen and oxygen atoms in total. The number of alkyl halides is 1. The third-order valence-corrected chi connectivity index (χ3v) is 3.56. The van der Waals surface area contributed by atoms with Crippen LogP contribution in [-0.2, 0) is 0 Å². The number of nitrogens with zero attached hydrogens (tertiary/aromatic N) is 1. The van der Waals surface area contributed by atoms with Crippen molar-refractivity contribution in [3.63, 3.8) is 0 Å². The second-order valence-corrected chi connectivity index (χ2v) is 4.63. The highest BCUT2D eigenvalue weighted by Gasteiger charge is 2.23. The summed E-state index contributed by atoms with van der Waals surface area (Å²) in [5, 5.41) is 0. The number of rotatable bonds is 2. The molecule has 0 unspecified atom stereocenters. The number of hydrogen-bond donors (Lipinski definition) is 1. The molecule has 0 aliphatic carbocycles. The number of hydrogen-bond acceptors (Lipinski definition) is 2. The van der Waals surface area contributed by atoms with Gasteiger partial charge in [0.2, 0.25) is 5.56 Å². The van der Waals surface area contributed by atoms with Crippen LogP contribution >= 0.6 is 11.6 Å². The van der Waals surface area contributed by atoms with Gasteiger partial charge in [-0.25, -0.2) is 0 Å². The summed E-state index contributed by atoms with van der Waals surface area (Å²) in [5.41, 5.74) is 0.119. The Morgan fingerprint density at radius 2 is 2.12 bits per heavy atom. The fourth-order valence-corrected chi connectivity index (χ4v) is 2.34. The normalized spacial score (nSPS) is 17.1. The Kier molecular flexibility index (Phi) is 3.84. The predicted octanol–water partition coefficient (Wildman–Crippen LogP) is 1.47. The fraction of sp³-hybridized carbons (Fsp3) is 0.500. The third-order valence-electron chi connectivity index (χ3n) is 3.12. The first-order chi connectivity index (χ1) is 8.20. The van der Waals surface area contributed by atoms with Gasteiger partial charge in [0.05, 0.1) is 0 Å². The molecule has 0 spiro atoms. The first-order valence-electron chi connectivity index (χ1n) is 5.75. The standard InChI is InChI=1S/C12H15ClN2O2/c13-8-9-4-6-15(7-5-9)12(17)10-2-1-3-11(16)14-10/h1-3,9H,4-8H2,(H,14,16). The van der Waals surface area contributed by atoms with Crippen molar-refractivity contribution in [2.45, 2.75) is 12.8 Å². The smallest absolute Gasteiger partial charge is 0.270 e. The highest BCUT2D eigenvalue weighted by atomic mass is 35.5. The van der Waals surface area contributed by atoms with E-state index in [1.165, 1.54) is 6.07 Å². The van der Waals surface area contributed by atoms with Crippen molar-refractivity contribution in [1.82, 2.24) is 9.88 Å². The van der Waals surface area contributed by atoms with E-state index in [1.54, 1.807) is 17.0 Å². The first-order valence-corrected chi connectivity index (χ1v) is 6.28. The van der Waals surface area contributed by atoms with Gasteiger partial charge in [-0.05, 0) is 24.8 Å². The van der Waals surface area contributed by atoms with E-state index in [0.29, 0.717) is 30.6 Å². The van der Waals surface area contributed by atoms with Crippen molar-refractivity contribution in [3.8, 4) is 0 Å². The van der Waals surface area contributed by atoms with Crippen LogP contribution in [0.1, 0.15) is 23.3 Å². The van der Waals surface area contributed by atoms with Crippen molar-refractivity contribution in [2.24, 2.45) is 5.92 Å². The Labute approximate surface area is 105 Å². The van der Waals surface area contributed by atoms with Crippen molar-refractivity contribution in [1.29, 1.82) is 0 Å². The van der Waals surface area contributed by atoms with Crippen LogP contribution in [0.4, 0.5) is 0 Å². The largest absolute Gasteiger partial charge is 0.337 e. The van der Waals surface area contributed by atoms with E-state index in [9.17, 15) is 9.59 Å². The van der Waals surface area contributed by atoms with E-state index in [4.69, 9.17) is 11.6 Å². The minimum Gasteiger partial charge on any atom is -0.337 e. The number of nitrogens with one attached hydrogen (secondary N) is 1. The zero-order valence-electron chi connectivity index (χ0n) is 9.49. The monoisotopic (exact) mass is 254 g/mol. The van der Waals surface area contributed by atoms with Gasteiger partial charge in [-0.2, -0.15) is 0 Å². The maximum atomic E-state index is 12.1. The molecule has 2 rings (SSSR count). The summed E-state index contributed by atoms with van der Waals surface area (Å²) in [4.78, 5) is 27.5. The Hall–Kier alpha value is -1.29. The maximum Gasteiger partial charge on any atom is 0.270 e. The minimum absolute atomic E-state index is 0.101. The lowest BCUT2D eigenvalue weighted by atomic mass is 9.99. The van der Waals surface area contributed by atoms with Gasteiger partial charge >= 0.3 is 0 Å². The van der Waals surface area contributed by atoms with Crippen molar-refractivity contribution >= 4 is 17.5 Å². The summed E-state index contributed by atoms with van der Waals surface area (Å²) < 4.78 is 0. The molecule has 0 atom stereocenters. The van der Waals surface area contributed by atoms with Gasteiger partial charge in [0, 0.05) is 25.0 Å². The molecule has 1 N–H and O–H groups in total. The van der Waals surface area contributed by atoms with Gasteiger partial charge in [0.1, 0.15) is 5.69 Å². The second kappa shape index (κ2) is 5.36. The number of amides is 1. The van der Waals surface area contributed by atoms with Crippen LogP contribution in [0.2, 0.25) is 0 Å². The van der Waals surface area contributed by atoms with Crippen LogP contribution < -0.4 is 5.56 Å². The van der Waals surface area contributed by atoms with Gasteiger partial charge in [-0.1, -0.05) is 6.07 Å². The van der Waals surface area contributed by atoms with E-state index in [2.05, 4.69) is 4.98 Å². The summed E-state index contributed by atoms with van der Waals surface area (Å²) in [5.74, 6) is 1.07. The molecular weight excluding hydrogens is 240 g/mol. The van der Waals surface area contributed by atoms with Gasteiger partial charge in [-0.3, -0.25) is 9.59 Å². The van der Waals surface area contributed by atoms with Crippen molar-refractivity contribution in [2.75, 3.05) is 19.0 Å². The van der Waals surface area contributed by atoms with Crippen LogP contribution in [0.15, 0.2) is 23.0 Å². The molecule has 1 aromatic rings. The number of aromatic amines is 1. The van der Waals surface area contributed by atoms with Crippen molar-refractivity contribution < 1.29 is 4.79 Å². The average Bonchev–Trinajstić information content (AvgIpc) is 2.38. The van der Waals surface area contributed by atoms with E-state index in [1.807, 2.05) is 0 Å². The number of carbonyl (C=O) groups is 1. The quantitative estimate of drug-likeness (QED) is 0.813. The molecule has 1 aromatic heterocycles. The number of likely N-dealkylation sites (tertiary alicyclic amines) is 1. The zero-order valence-corrected chi connectivity index (χ0v) is 10.2. The van der Waals surface area contributed by atoms with Crippen LogP contribution in [0, 0.1) is 5.92 Å². The molecule has 5 heteroatoms. The molecule has 1 fully saturated rings. The molecule has 0 aromatic carbocycles. The molecular formula is C12H15ClN2O2. The first kappa shape index (κ1) is 12.2. The maximum absolute atomic E-state index is 12.1. The highest BCUT2D eigenvalue weighted by Crippen LogP contribution is 2.19. The molecule has 0 bridgehead atoms. The van der Waals surface area contributed by atoms with Gasteiger partial charge in [0.25, 0.3) is 5.91 Å². The van der Waals surface area contributed by atoms with Crippen LogP contribution in [0.25, 0.3) is 0 Å². The number of aromatic nitrogens is 1. The van der Waals surface area contributed by atoms with Crippen LogP contribution in [0.5, 0.6) is 0 Å². The molecule has 1 amide bonds. The zero-order chi connectivity index (χ0) is 12.3. The molecule has 2 heterocycles. The number of H-pyrrole nitrogens is 1. The SMILES string of the molecule is O=C(c1cccc(=O)[nH]1)N1CCC(CCl)CC1. The van der Waals surface area contributed by atoms with Crippen molar-refractivity contribution in [3.05, 3.63) is 34.2 Å². The fourth-order valence-electron chi connectivity index (χ4n) is 2.03. The molecule has 0 saturated carbocycles. The number of piperidine rings is 1. The topological polar surface area (TPSA) is 53.2 Å². The lowest BCUT2D eigenvalue weighted by Gasteiger charge is -2.30. The van der Waals surface area contributed by atoms with E-state index < -0.39 is 0 Å². The Balaban J connectivity index is 2.04. The third kappa shape index (κ3) is 2.88. The van der Waals surface area contributed by atoms with Gasteiger partial charge < -0.3 is 9.88 Å². The number of halogens is 1. The molecule has 1 aliphatic heterocycles. The summed E-state index contributed by atoms with van der Waals surface area (Å²) in [6.07, 6.45) is 1.87. The summed E-state index contributed by atoms with van der Waals surface area (Å²) >= 11 is 5.79. The molecule has 1 aliphatic rings. The second-order valence-electron chi connectivity index (χ2n) is 4.32. The van der Waals surface area contributed by atoms with E-state index in [0.717, 1.165) is 12.8 Å². The number of pyridine rings is 1. The number of carbonyl (C=O) groups excluding carboxylic acids is 1. The van der Waals surface area contributed by atoms with Gasteiger partial charge in [0.15, 0.2) is 0 Å². The molecule has 1 saturated heterocycles. The lowest BCUT2D eigenvalue weighted by Crippen LogP contribution is -2.39. The summed E-state index contributed by atoms with van der Waals surface area (Å²) in [6.45, 7) is 1.43. The molecule has 92 valence electrons. The Morgan fingerprint density at radius 3 is 2.71 bits per heavy atom. The van der Waals surface area contributed by atoms with Crippen LogP contribution in [-0.4, -0.2) is 34.8 Å².